The van der Waals surface area contributed by atoms with E-state index in [1.165, 1.54) is 0 Å². The van der Waals surface area contributed by atoms with Gasteiger partial charge in [0.1, 0.15) is 5.69 Å². The van der Waals surface area contributed by atoms with Crippen molar-refractivity contribution in [1.82, 2.24) is 9.55 Å². The normalized spacial score (nSPS) is 11.8. The SMILES string of the molecule is C#CCCCC(=O)c1cncn1[C@H](C)c1ccccc1. The fourth-order valence-electron chi connectivity index (χ4n) is 2.20. The van der Waals surface area contributed by atoms with E-state index in [9.17, 15) is 4.79 Å². The molecule has 2 aromatic rings. The summed E-state index contributed by atoms with van der Waals surface area (Å²) in [6.45, 7) is 2.06. The Morgan fingerprint density at radius 1 is 1.40 bits per heavy atom. The monoisotopic (exact) mass is 266 g/mol. The third-order valence-corrected chi connectivity index (χ3v) is 3.38. The number of unbranched alkanes of at least 4 members (excludes halogenated alkanes) is 1. The number of benzene rings is 1. The highest BCUT2D eigenvalue weighted by Crippen LogP contribution is 2.20. The van der Waals surface area contributed by atoms with Gasteiger partial charge in [0.25, 0.3) is 0 Å². The molecule has 1 aromatic heterocycles. The second-order valence-corrected chi connectivity index (χ2v) is 4.75. The highest BCUT2D eigenvalue weighted by atomic mass is 16.1. The smallest absolute Gasteiger partial charge is 0.180 e. The predicted octanol–water partition coefficient (Wildman–Crippen LogP) is 3.48. The van der Waals surface area contributed by atoms with Gasteiger partial charge in [-0.3, -0.25) is 4.79 Å². The molecule has 0 spiro atoms. The van der Waals surface area contributed by atoms with Crippen molar-refractivity contribution in [3.05, 3.63) is 54.1 Å². The van der Waals surface area contributed by atoms with Gasteiger partial charge in [0.05, 0.1) is 18.6 Å². The van der Waals surface area contributed by atoms with Crippen LogP contribution < -0.4 is 0 Å². The minimum absolute atomic E-state index is 0.0882. The molecule has 0 N–H and O–H groups in total. The van der Waals surface area contributed by atoms with Gasteiger partial charge in [0.15, 0.2) is 5.78 Å². The maximum atomic E-state index is 12.2. The number of carbonyl (C=O) groups is 1. The zero-order chi connectivity index (χ0) is 14.4. The number of imidazole rings is 1. The van der Waals surface area contributed by atoms with Crippen molar-refractivity contribution >= 4 is 5.78 Å². The number of rotatable bonds is 6. The van der Waals surface area contributed by atoms with Gasteiger partial charge in [0, 0.05) is 12.8 Å². The lowest BCUT2D eigenvalue weighted by Gasteiger charge is -2.16. The van der Waals surface area contributed by atoms with Crippen LogP contribution in [0.2, 0.25) is 0 Å². The van der Waals surface area contributed by atoms with E-state index < -0.39 is 0 Å². The lowest BCUT2D eigenvalue weighted by atomic mass is 10.1. The quantitative estimate of drug-likeness (QED) is 0.456. The number of carbonyl (C=O) groups excluding carboxylic acids is 1. The van der Waals surface area contributed by atoms with Crippen molar-refractivity contribution in [2.75, 3.05) is 0 Å². The van der Waals surface area contributed by atoms with Gasteiger partial charge < -0.3 is 4.57 Å². The van der Waals surface area contributed by atoms with E-state index in [1.54, 1.807) is 12.5 Å². The van der Waals surface area contributed by atoms with Crippen LogP contribution in [0.4, 0.5) is 0 Å². The number of hydrogen-bond donors (Lipinski definition) is 0. The largest absolute Gasteiger partial charge is 0.321 e. The summed E-state index contributed by atoms with van der Waals surface area (Å²) < 4.78 is 1.92. The van der Waals surface area contributed by atoms with Crippen molar-refractivity contribution in [2.24, 2.45) is 0 Å². The summed E-state index contributed by atoms with van der Waals surface area (Å²) >= 11 is 0. The molecular weight excluding hydrogens is 248 g/mol. The number of ketones is 1. The molecule has 1 heterocycles. The van der Waals surface area contributed by atoms with Crippen molar-refractivity contribution in [3.63, 3.8) is 0 Å². The van der Waals surface area contributed by atoms with Gasteiger partial charge in [-0.05, 0) is 18.9 Å². The predicted molar refractivity (Wildman–Crippen MR) is 79.5 cm³/mol. The number of Topliss-reactive ketones (excluding diaryl/α,β-unsaturated/α-hetero) is 1. The van der Waals surface area contributed by atoms with Crippen LogP contribution in [0.1, 0.15) is 48.3 Å². The zero-order valence-electron chi connectivity index (χ0n) is 11.6. The molecule has 2 rings (SSSR count). The Bertz CT molecular complexity index is 607. The topological polar surface area (TPSA) is 34.9 Å². The summed E-state index contributed by atoms with van der Waals surface area (Å²) in [4.78, 5) is 16.3. The van der Waals surface area contributed by atoms with Crippen molar-refractivity contribution in [1.29, 1.82) is 0 Å². The van der Waals surface area contributed by atoms with Crippen LogP contribution in [0.3, 0.4) is 0 Å². The second kappa shape index (κ2) is 6.72. The first-order valence-corrected chi connectivity index (χ1v) is 6.77. The Kier molecular flexibility index (Phi) is 4.73. The zero-order valence-corrected chi connectivity index (χ0v) is 11.6. The number of terminal acetylenes is 1. The van der Waals surface area contributed by atoms with Crippen molar-refractivity contribution in [2.45, 2.75) is 32.2 Å². The molecule has 0 radical (unpaired) electrons. The van der Waals surface area contributed by atoms with Gasteiger partial charge in [-0.25, -0.2) is 4.98 Å². The standard InChI is InChI=1S/C17H18N2O/c1-3-4-6-11-17(20)16-12-18-13-19(16)14(2)15-9-7-5-8-10-15/h1,5,7-10,12-14H,4,6,11H2,2H3/t14-/m1/s1. The molecule has 1 atom stereocenters. The Balaban J connectivity index is 2.16. The fraction of sp³-hybridized carbons (Fsp3) is 0.294. The van der Waals surface area contributed by atoms with Gasteiger partial charge in [-0.2, -0.15) is 0 Å². The average molecular weight is 266 g/mol. The third kappa shape index (κ3) is 3.16. The number of hydrogen-bond acceptors (Lipinski definition) is 2. The van der Waals surface area contributed by atoms with Crippen LogP contribution in [-0.2, 0) is 0 Å². The van der Waals surface area contributed by atoms with Crippen LogP contribution in [0.25, 0.3) is 0 Å². The van der Waals surface area contributed by atoms with Crippen LogP contribution in [0.5, 0.6) is 0 Å². The Labute approximate surface area is 119 Å². The van der Waals surface area contributed by atoms with Gasteiger partial charge in [0.2, 0.25) is 0 Å². The molecule has 3 nitrogen and oxygen atoms in total. The molecular formula is C17H18N2O. The Morgan fingerprint density at radius 3 is 2.85 bits per heavy atom. The van der Waals surface area contributed by atoms with Crippen LogP contribution in [0.15, 0.2) is 42.9 Å². The highest BCUT2D eigenvalue weighted by Gasteiger charge is 2.16. The summed E-state index contributed by atoms with van der Waals surface area (Å²) in [5, 5.41) is 0. The summed E-state index contributed by atoms with van der Waals surface area (Å²) in [5.74, 6) is 2.65. The summed E-state index contributed by atoms with van der Waals surface area (Å²) in [7, 11) is 0. The molecule has 0 aliphatic rings. The summed E-state index contributed by atoms with van der Waals surface area (Å²) in [5.41, 5.74) is 1.81. The van der Waals surface area contributed by atoms with E-state index >= 15 is 0 Å². The lowest BCUT2D eigenvalue weighted by molar-refractivity contribution is 0.0970. The minimum Gasteiger partial charge on any atom is -0.321 e. The van der Waals surface area contributed by atoms with Crippen LogP contribution in [0, 0.1) is 12.3 Å². The Hall–Kier alpha value is -2.34. The van der Waals surface area contributed by atoms with Gasteiger partial charge in [-0.15, -0.1) is 12.3 Å². The molecule has 0 aliphatic carbocycles. The fourth-order valence-corrected chi connectivity index (χ4v) is 2.20. The lowest BCUT2D eigenvalue weighted by Crippen LogP contribution is -2.13. The van der Waals surface area contributed by atoms with E-state index in [2.05, 4.69) is 30.0 Å². The molecule has 0 saturated heterocycles. The molecule has 3 heteroatoms. The second-order valence-electron chi connectivity index (χ2n) is 4.75. The third-order valence-electron chi connectivity index (χ3n) is 3.38. The van der Waals surface area contributed by atoms with Crippen LogP contribution >= 0.6 is 0 Å². The Morgan fingerprint density at radius 2 is 2.15 bits per heavy atom. The van der Waals surface area contributed by atoms with Gasteiger partial charge in [-0.1, -0.05) is 30.3 Å². The van der Waals surface area contributed by atoms with E-state index in [4.69, 9.17) is 6.42 Å². The van der Waals surface area contributed by atoms with E-state index in [0.29, 0.717) is 18.5 Å². The molecule has 0 bridgehead atoms. The minimum atomic E-state index is 0.0882. The molecule has 1 aromatic carbocycles. The van der Waals surface area contributed by atoms with E-state index in [-0.39, 0.29) is 11.8 Å². The summed E-state index contributed by atoms with van der Waals surface area (Å²) in [6.07, 6.45) is 10.4. The molecule has 20 heavy (non-hydrogen) atoms. The first kappa shape index (κ1) is 14.1. The number of nitrogens with zero attached hydrogens (tertiary/aromatic N) is 2. The molecule has 0 unspecified atom stereocenters. The maximum absolute atomic E-state index is 12.2. The average Bonchev–Trinajstić information content (AvgIpc) is 2.97. The van der Waals surface area contributed by atoms with Crippen molar-refractivity contribution < 1.29 is 4.79 Å². The van der Waals surface area contributed by atoms with Gasteiger partial charge >= 0.3 is 0 Å². The highest BCUT2D eigenvalue weighted by molar-refractivity contribution is 5.94. The number of aromatic nitrogens is 2. The molecule has 0 amide bonds. The maximum Gasteiger partial charge on any atom is 0.180 e. The molecule has 0 saturated carbocycles. The van der Waals surface area contributed by atoms with Crippen LogP contribution in [-0.4, -0.2) is 15.3 Å². The molecule has 102 valence electrons. The summed E-state index contributed by atoms with van der Waals surface area (Å²) in [6, 6.07) is 10.2. The first-order chi connectivity index (χ1) is 9.74. The van der Waals surface area contributed by atoms with E-state index in [1.807, 2.05) is 22.8 Å². The first-order valence-electron chi connectivity index (χ1n) is 6.77. The molecule has 0 fully saturated rings. The molecule has 0 aliphatic heterocycles. The van der Waals surface area contributed by atoms with E-state index in [0.717, 1.165) is 12.0 Å². The van der Waals surface area contributed by atoms with Crippen molar-refractivity contribution in [3.8, 4) is 12.3 Å².